The van der Waals surface area contributed by atoms with Gasteiger partial charge in [-0.15, -0.1) is 0 Å². The van der Waals surface area contributed by atoms with E-state index in [1.54, 1.807) is 77.8 Å². The number of halogens is 3. The molecule has 0 radical (unpaired) electrons. The van der Waals surface area contributed by atoms with E-state index in [1.807, 2.05) is 0 Å². The third kappa shape index (κ3) is 20.1. The van der Waals surface area contributed by atoms with Gasteiger partial charge in [0.05, 0.1) is 164 Å². The van der Waals surface area contributed by atoms with Crippen LogP contribution in [0.2, 0.25) is 0 Å². The number of sulfone groups is 3. The van der Waals surface area contributed by atoms with E-state index in [1.165, 1.54) is 75.9 Å². The van der Waals surface area contributed by atoms with Crippen molar-refractivity contribution in [2.24, 2.45) is 0 Å². The van der Waals surface area contributed by atoms with Crippen LogP contribution in [0, 0.1) is 17.5 Å². The zero-order chi connectivity index (χ0) is 80.4. The molecule has 108 heavy (non-hydrogen) atoms. The number of methoxy groups -OCH3 is 3. The van der Waals surface area contributed by atoms with Gasteiger partial charge in [-0.25, -0.2) is 53.4 Å². The summed E-state index contributed by atoms with van der Waals surface area (Å²) in [6.07, 6.45) is 2.83. The maximum atomic E-state index is 14.8. The number of carbonyl (C=O) groups is 9. The number of fused-ring (bicyclic) bond motifs is 3. The highest BCUT2D eigenvalue weighted by Gasteiger charge is 2.49. The Morgan fingerprint density at radius 3 is 0.806 bits per heavy atom. The molecule has 3 aliphatic heterocycles. The largest absolute Gasteiger partial charge is 0.491 e. The number of pyridine rings is 3. The molecule has 3 N–H and O–H groups in total. The molecule has 3 aromatic heterocycles. The summed E-state index contributed by atoms with van der Waals surface area (Å²) in [4.78, 5) is 137. The number of imide groups is 3. The zero-order valence-corrected chi connectivity index (χ0v) is 63.9. The number of rotatable bonds is 30. The summed E-state index contributed by atoms with van der Waals surface area (Å²) in [5.74, 6) is -11.5. The second kappa shape index (κ2) is 35.3. The van der Waals surface area contributed by atoms with Crippen molar-refractivity contribution in [3.05, 3.63) is 141 Å². The van der Waals surface area contributed by atoms with Crippen LogP contribution < -0.4 is 44.4 Å². The Morgan fingerprint density at radius 2 is 0.611 bits per heavy atom. The fraction of sp³-hybridized carbons (Fsp3) is 0.391. The van der Waals surface area contributed by atoms with Gasteiger partial charge in [-0.1, -0.05) is 0 Å². The van der Waals surface area contributed by atoms with Crippen molar-refractivity contribution in [1.29, 1.82) is 0 Å². The minimum absolute atomic E-state index is 0.0231. The van der Waals surface area contributed by atoms with Gasteiger partial charge in [0.2, 0.25) is 17.7 Å². The number of nitrogens with zero attached hydrogens (tertiary/aromatic N) is 9. The summed E-state index contributed by atoms with van der Waals surface area (Å²) in [5.41, 5.74) is -2.84. The zero-order valence-electron chi connectivity index (χ0n) is 61.5. The van der Waals surface area contributed by atoms with Gasteiger partial charge in [-0.3, -0.25) is 57.9 Å². The van der Waals surface area contributed by atoms with E-state index in [4.69, 9.17) is 28.4 Å². The number of ether oxygens (including phenoxy) is 6. The normalized spacial score (nSPS) is 14.1. The smallest absolute Gasteiger partial charge is 0.265 e. The van der Waals surface area contributed by atoms with Gasteiger partial charge in [-0.05, 0) is 136 Å². The maximum Gasteiger partial charge on any atom is 0.265 e. The van der Waals surface area contributed by atoms with E-state index in [9.17, 15) is 81.6 Å². The lowest BCUT2D eigenvalue weighted by Crippen LogP contribution is -2.38. The Labute approximate surface area is 620 Å². The van der Waals surface area contributed by atoms with Crippen molar-refractivity contribution in [3.8, 4) is 34.9 Å². The van der Waals surface area contributed by atoms with E-state index in [0.717, 1.165) is 37.0 Å². The van der Waals surface area contributed by atoms with Gasteiger partial charge < -0.3 is 59.1 Å². The number of nitrogens with one attached hydrogen (secondary N) is 3. The first-order chi connectivity index (χ1) is 50.6. The SMILES string of the molecule is CCOc1nc(C(CS(C)(=O)=O)N2C(=O)c3c(F)ccc(NC(=O)CN(C)C)c3C2=O)ccc1OC.CCOc1nc([C@@H](CS(C)(=O)=O)N2C(=O)c3c(F)ccc(NC(=O)CN(C)C)c3C2=O)ccc1OC.CCOc1nc([C@H](CS(C)(=O)=O)N2C(=O)c3c(F)ccc(NC(=O)CN(C)C)c3C2=O)ccc1OC. The minimum atomic E-state index is -3.76. The van der Waals surface area contributed by atoms with Crippen molar-refractivity contribution in [3.63, 3.8) is 0 Å². The Hall–Kier alpha value is -10.7. The van der Waals surface area contributed by atoms with E-state index in [-0.39, 0.29) is 125 Å². The highest BCUT2D eigenvalue weighted by atomic mass is 32.2. The third-order valence-corrected chi connectivity index (χ3v) is 18.4. The Kier molecular flexibility index (Phi) is 27.6. The quantitative estimate of drug-likeness (QED) is 0.0521. The topological polar surface area (TPSA) is 406 Å². The summed E-state index contributed by atoms with van der Waals surface area (Å²) in [6.45, 7) is 5.72. The van der Waals surface area contributed by atoms with Gasteiger partial charge >= 0.3 is 0 Å². The Balaban J connectivity index is 0.000000226. The summed E-state index contributed by atoms with van der Waals surface area (Å²) < 4.78 is 150. The average Bonchev–Trinajstić information content (AvgIpc) is 1.60. The summed E-state index contributed by atoms with van der Waals surface area (Å²) in [7, 11) is 2.89. The lowest BCUT2D eigenvalue weighted by atomic mass is 10.1. The van der Waals surface area contributed by atoms with Crippen molar-refractivity contribution < 1.29 is 110 Å². The first kappa shape index (κ1) is 84.5. The molecule has 1 unspecified atom stereocenters. The lowest BCUT2D eigenvalue weighted by molar-refractivity contribution is -0.117. The summed E-state index contributed by atoms with van der Waals surface area (Å²) >= 11 is 0. The van der Waals surface area contributed by atoms with Crippen LogP contribution >= 0.6 is 0 Å². The molecule has 0 spiro atoms. The molecular weight excluding hydrogens is 1490 g/mol. The van der Waals surface area contributed by atoms with Crippen LogP contribution in [0.1, 0.15) is 118 Å². The van der Waals surface area contributed by atoms with Crippen LogP contribution in [0.3, 0.4) is 0 Å². The molecule has 0 bridgehead atoms. The number of carbonyl (C=O) groups excluding carboxylic acids is 9. The number of hydrogen-bond acceptors (Lipinski definition) is 27. The summed E-state index contributed by atoms with van der Waals surface area (Å²) in [5, 5.41) is 7.57. The minimum Gasteiger partial charge on any atom is -0.491 e. The Morgan fingerprint density at radius 1 is 0.389 bits per heavy atom. The molecule has 9 amide bonds. The molecule has 0 saturated carbocycles. The molecule has 3 atom stereocenters. The molecule has 0 aliphatic carbocycles. The first-order valence-corrected chi connectivity index (χ1v) is 38.8. The number of hydrogen-bond donors (Lipinski definition) is 3. The predicted molar refractivity (Wildman–Crippen MR) is 385 cm³/mol. The summed E-state index contributed by atoms with van der Waals surface area (Å²) in [6, 6.07) is 10.8. The fourth-order valence-electron chi connectivity index (χ4n) is 11.4. The molecule has 0 saturated heterocycles. The molecule has 0 fully saturated rings. The molecular formula is C69H81F3N12O21S3. The van der Waals surface area contributed by atoms with Crippen LogP contribution in [0.15, 0.2) is 72.8 Å². The second-order valence-corrected chi connectivity index (χ2v) is 31.7. The van der Waals surface area contributed by atoms with Gasteiger partial charge in [-0.2, -0.15) is 0 Å². The number of aromatic nitrogens is 3. The highest BCUT2D eigenvalue weighted by Crippen LogP contribution is 2.42. The van der Waals surface area contributed by atoms with Crippen LogP contribution in [-0.4, -0.2) is 262 Å². The van der Waals surface area contributed by atoms with Crippen molar-refractivity contribution in [1.82, 2.24) is 44.4 Å². The van der Waals surface area contributed by atoms with E-state index >= 15 is 0 Å². The number of amides is 9. The first-order valence-electron chi connectivity index (χ1n) is 32.6. The molecule has 3 aromatic carbocycles. The second-order valence-electron chi connectivity index (χ2n) is 25.2. The van der Waals surface area contributed by atoms with Gasteiger partial charge in [0.15, 0.2) is 17.2 Å². The lowest BCUT2D eigenvalue weighted by Gasteiger charge is -2.26. The number of likely N-dealkylation sites (N-methyl/N-ethyl adjacent to an activating group) is 3. The third-order valence-electron chi connectivity index (χ3n) is 15.6. The van der Waals surface area contributed by atoms with E-state index in [0.29, 0.717) is 14.7 Å². The molecule has 582 valence electrons. The van der Waals surface area contributed by atoms with Crippen LogP contribution in [0.5, 0.6) is 34.9 Å². The molecule has 9 rings (SSSR count). The monoisotopic (exact) mass is 1570 g/mol. The molecule has 6 aromatic rings. The van der Waals surface area contributed by atoms with Crippen LogP contribution in [0.4, 0.5) is 30.2 Å². The molecule has 33 nitrogen and oxygen atoms in total. The number of anilines is 3. The van der Waals surface area contributed by atoms with E-state index < -0.39 is 152 Å². The van der Waals surface area contributed by atoms with E-state index in [2.05, 4.69) is 30.9 Å². The average molecular weight is 1570 g/mol. The van der Waals surface area contributed by atoms with Gasteiger partial charge in [0.25, 0.3) is 53.1 Å². The predicted octanol–water partition coefficient (Wildman–Crippen LogP) is 4.53. The van der Waals surface area contributed by atoms with Crippen LogP contribution in [0.25, 0.3) is 0 Å². The molecule has 3 aliphatic rings. The number of benzene rings is 3. The standard InChI is InChI=1S/3C23H27FN4O7S/c3*1-6-35-21-17(34-4)10-9-14(26-21)16(12-36(5,32)33)28-22(30)19-13(24)7-8-15(20(19)23(28)31)25-18(29)11-27(2)3/h3*7-10,16H,6,11-12H2,1-5H3,(H,25,29)/t2*16-;/m10./s1. The highest BCUT2D eigenvalue weighted by molar-refractivity contribution is 7.91. The van der Waals surface area contributed by atoms with Gasteiger partial charge in [0, 0.05) is 18.8 Å². The molecule has 6 heterocycles. The van der Waals surface area contributed by atoms with Crippen molar-refractivity contribution in [2.75, 3.05) is 155 Å². The van der Waals surface area contributed by atoms with Crippen molar-refractivity contribution in [2.45, 2.75) is 38.9 Å². The molecule has 39 heteroatoms. The van der Waals surface area contributed by atoms with Crippen molar-refractivity contribution >= 4 is 99.7 Å². The maximum absolute atomic E-state index is 14.8. The van der Waals surface area contributed by atoms with Crippen LogP contribution in [-0.2, 0) is 43.9 Å². The van der Waals surface area contributed by atoms with Gasteiger partial charge in [0.1, 0.15) is 47.0 Å². The Bertz CT molecular complexity index is 4420. The fourth-order valence-corrected chi connectivity index (χ4v) is 14.1.